The van der Waals surface area contributed by atoms with Crippen LogP contribution in [-0.4, -0.2) is 51.4 Å². The maximum Gasteiger partial charge on any atom is 0.213 e. The first-order chi connectivity index (χ1) is 15.8. The van der Waals surface area contributed by atoms with Gasteiger partial charge in [0.1, 0.15) is 5.03 Å². The second-order valence-electron chi connectivity index (χ2n) is 8.28. The van der Waals surface area contributed by atoms with Crippen molar-refractivity contribution in [3.05, 3.63) is 42.0 Å². The summed E-state index contributed by atoms with van der Waals surface area (Å²) in [5, 5.41) is 12.8. The van der Waals surface area contributed by atoms with Crippen molar-refractivity contribution in [2.24, 2.45) is 0 Å². The van der Waals surface area contributed by atoms with Gasteiger partial charge < -0.3 is 20.7 Å². The van der Waals surface area contributed by atoms with Crippen LogP contribution >= 0.6 is 11.8 Å². The lowest BCUT2D eigenvalue weighted by Crippen LogP contribution is -2.39. The molecule has 1 aliphatic heterocycles. The zero-order valence-corrected chi connectivity index (χ0v) is 19.1. The molecule has 0 bridgehead atoms. The van der Waals surface area contributed by atoms with Gasteiger partial charge in [-0.15, -0.1) is 11.8 Å². The number of aromatic nitrogens is 4. The van der Waals surface area contributed by atoms with Crippen molar-refractivity contribution in [1.29, 1.82) is 0 Å². The third kappa shape index (κ3) is 4.95. The molecule has 2 aliphatic rings. The summed E-state index contributed by atoms with van der Waals surface area (Å²) in [7, 11) is 1.64. The third-order valence-electron chi connectivity index (χ3n) is 6.15. The van der Waals surface area contributed by atoms with Gasteiger partial charge in [0.25, 0.3) is 0 Å². The van der Waals surface area contributed by atoms with Gasteiger partial charge in [0.05, 0.1) is 30.2 Å². The predicted molar refractivity (Wildman–Crippen MR) is 127 cm³/mol. The van der Waals surface area contributed by atoms with Gasteiger partial charge >= 0.3 is 0 Å². The second-order valence-corrected chi connectivity index (χ2v) is 9.37. The van der Waals surface area contributed by atoms with Gasteiger partial charge in [-0.05, 0) is 37.8 Å². The lowest BCUT2D eigenvalue weighted by Gasteiger charge is -2.30. The number of methoxy groups -OCH3 is 1. The van der Waals surface area contributed by atoms with E-state index in [1.807, 2.05) is 30.6 Å². The molecule has 3 aromatic rings. The van der Waals surface area contributed by atoms with Crippen LogP contribution in [0.5, 0.6) is 5.88 Å². The molecule has 9 heteroatoms. The number of hydrogen-bond donors (Lipinski definition) is 3. The third-order valence-corrected chi connectivity index (χ3v) is 7.13. The first-order valence-electron chi connectivity index (χ1n) is 11.3. The average molecular weight is 452 g/mol. The molecule has 168 valence electrons. The number of nitrogens with zero attached hydrogens (tertiary/aromatic N) is 4. The fourth-order valence-corrected chi connectivity index (χ4v) is 5.14. The molecular formula is C23H29N7OS. The quantitative estimate of drug-likeness (QED) is 0.500. The van der Waals surface area contributed by atoms with E-state index in [-0.39, 0.29) is 0 Å². The van der Waals surface area contributed by atoms with Gasteiger partial charge in [0, 0.05) is 55.1 Å². The van der Waals surface area contributed by atoms with Gasteiger partial charge in [-0.3, -0.25) is 4.98 Å². The number of nitrogens with one attached hydrogen (secondary N) is 3. The smallest absolute Gasteiger partial charge is 0.213 e. The molecule has 4 heterocycles. The SMILES string of the molecule is COc1ccc2ccnc(CNC3CCC(NCc4cnc5c(n4)NCCS5)CC3)c2n1. The average Bonchev–Trinajstić information content (AvgIpc) is 2.86. The topological polar surface area (TPSA) is 96.9 Å². The largest absolute Gasteiger partial charge is 0.481 e. The minimum absolute atomic E-state index is 0.500. The Kier molecular flexibility index (Phi) is 6.66. The van der Waals surface area contributed by atoms with Gasteiger partial charge in [-0.25, -0.2) is 15.0 Å². The highest BCUT2D eigenvalue weighted by molar-refractivity contribution is 7.99. The number of thioether (sulfide) groups is 1. The Morgan fingerprint density at radius 1 is 1.03 bits per heavy atom. The molecule has 0 spiro atoms. The van der Waals surface area contributed by atoms with Gasteiger partial charge in [-0.2, -0.15) is 0 Å². The summed E-state index contributed by atoms with van der Waals surface area (Å²) in [5.74, 6) is 2.61. The molecule has 8 nitrogen and oxygen atoms in total. The maximum atomic E-state index is 5.29. The molecule has 0 unspecified atom stereocenters. The number of pyridine rings is 2. The molecule has 0 saturated heterocycles. The van der Waals surface area contributed by atoms with E-state index in [0.717, 1.165) is 84.2 Å². The molecule has 0 amide bonds. The number of rotatable bonds is 7. The Bertz CT molecular complexity index is 1070. The molecule has 5 rings (SSSR count). The fourth-order valence-electron chi connectivity index (χ4n) is 4.36. The molecule has 1 fully saturated rings. The van der Waals surface area contributed by atoms with E-state index in [2.05, 4.69) is 30.9 Å². The van der Waals surface area contributed by atoms with E-state index < -0.39 is 0 Å². The van der Waals surface area contributed by atoms with Crippen LogP contribution < -0.4 is 20.7 Å². The van der Waals surface area contributed by atoms with Crippen LogP contribution in [0.4, 0.5) is 5.82 Å². The summed E-state index contributed by atoms with van der Waals surface area (Å²) in [6.45, 7) is 2.44. The summed E-state index contributed by atoms with van der Waals surface area (Å²) in [5.41, 5.74) is 2.89. The van der Waals surface area contributed by atoms with Crippen LogP contribution in [0.2, 0.25) is 0 Å². The predicted octanol–water partition coefficient (Wildman–Crippen LogP) is 3.14. The Morgan fingerprint density at radius 2 is 1.84 bits per heavy atom. The maximum absolute atomic E-state index is 5.29. The van der Waals surface area contributed by atoms with Crippen molar-refractivity contribution < 1.29 is 4.74 Å². The minimum Gasteiger partial charge on any atom is -0.481 e. The van der Waals surface area contributed by atoms with E-state index >= 15 is 0 Å². The van der Waals surface area contributed by atoms with E-state index in [0.29, 0.717) is 18.0 Å². The minimum atomic E-state index is 0.500. The summed E-state index contributed by atoms with van der Waals surface area (Å²) in [4.78, 5) is 18.4. The molecule has 3 N–H and O–H groups in total. The van der Waals surface area contributed by atoms with Gasteiger partial charge in [-0.1, -0.05) is 0 Å². The number of hydrogen-bond acceptors (Lipinski definition) is 9. The van der Waals surface area contributed by atoms with Crippen molar-refractivity contribution in [3.8, 4) is 5.88 Å². The van der Waals surface area contributed by atoms with Crippen molar-refractivity contribution in [2.75, 3.05) is 24.7 Å². The summed E-state index contributed by atoms with van der Waals surface area (Å²) in [6, 6.07) is 6.93. The van der Waals surface area contributed by atoms with Crippen LogP contribution in [0.1, 0.15) is 37.1 Å². The molecule has 0 aromatic carbocycles. The highest BCUT2D eigenvalue weighted by atomic mass is 32.2. The Hall–Kier alpha value is -2.49. The highest BCUT2D eigenvalue weighted by Crippen LogP contribution is 2.27. The Balaban J connectivity index is 1.10. The Morgan fingerprint density at radius 3 is 2.66 bits per heavy atom. The number of anilines is 1. The normalized spacial score (nSPS) is 20.5. The molecule has 32 heavy (non-hydrogen) atoms. The summed E-state index contributed by atoms with van der Waals surface area (Å²) < 4.78 is 5.29. The lowest BCUT2D eigenvalue weighted by molar-refractivity contribution is 0.304. The van der Waals surface area contributed by atoms with Crippen LogP contribution in [0.15, 0.2) is 35.6 Å². The highest BCUT2D eigenvalue weighted by Gasteiger charge is 2.21. The first kappa shape index (κ1) is 21.4. The van der Waals surface area contributed by atoms with Crippen molar-refractivity contribution in [3.63, 3.8) is 0 Å². The number of fused-ring (bicyclic) bond motifs is 2. The first-order valence-corrected chi connectivity index (χ1v) is 12.2. The van der Waals surface area contributed by atoms with Crippen molar-refractivity contribution in [1.82, 2.24) is 30.6 Å². The zero-order chi connectivity index (χ0) is 21.8. The fraction of sp³-hybridized carbons (Fsp3) is 0.478. The lowest BCUT2D eigenvalue weighted by atomic mass is 9.91. The van der Waals surface area contributed by atoms with E-state index in [9.17, 15) is 0 Å². The zero-order valence-electron chi connectivity index (χ0n) is 18.3. The molecule has 1 saturated carbocycles. The standard InChI is InChI=1S/C23H29N7OS/c1-31-20-7-2-15-8-9-24-19(21(15)30-20)14-27-17-5-3-16(4-6-17)26-12-18-13-28-23-22(29-18)25-10-11-32-23/h2,7-9,13,16-17,26-27H,3-6,10-12,14H2,1H3,(H,25,29). The summed E-state index contributed by atoms with van der Waals surface area (Å²) >= 11 is 1.77. The van der Waals surface area contributed by atoms with Crippen LogP contribution in [0, 0.1) is 0 Å². The second kappa shape index (κ2) is 9.97. The van der Waals surface area contributed by atoms with Gasteiger partial charge in [0.15, 0.2) is 5.82 Å². The molecule has 0 atom stereocenters. The number of ether oxygens (including phenoxy) is 1. The van der Waals surface area contributed by atoms with Gasteiger partial charge in [0.2, 0.25) is 5.88 Å². The van der Waals surface area contributed by atoms with Crippen LogP contribution in [0.3, 0.4) is 0 Å². The monoisotopic (exact) mass is 451 g/mol. The van der Waals surface area contributed by atoms with E-state index in [1.165, 1.54) is 0 Å². The molecule has 3 aromatic heterocycles. The Labute approximate surface area is 192 Å². The molecular weight excluding hydrogens is 422 g/mol. The van der Waals surface area contributed by atoms with E-state index in [1.54, 1.807) is 18.9 Å². The summed E-state index contributed by atoms with van der Waals surface area (Å²) in [6.07, 6.45) is 8.35. The van der Waals surface area contributed by atoms with Crippen molar-refractivity contribution in [2.45, 2.75) is 55.9 Å². The van der Waals surface area contributed by atoms with Crippen molar-refractivity contribution >= 4 is 28.5 Å². The molecule has 1 aliphatic carbocycles. The molecule has 0 radical (unpaired) electrons. The van der Waals surface area contributed by atoms with Crippen LogP contribution in [0.25, 0.3) is 10.9 Å². The van der Waals surface area contributed by atoms with E-state index in [4.69, 9.17) is 9.72 Å². The van der Waals surface area contributed by atoms with Crippen LogP contribution in [-0.2, 0) is 13.1 Å².